The lowest BCUT2D eigenvalue weighted by molar-refractivity contribution is 0.574. The molecule has 2 aromatic rings. The largest absolute Gasteiger partial charge is 0.310 e. The minimum absolute atomic E-state index is 0.182. The Kier molecular flexibility index (Phi) is 4.74. The lowest BCUT2D eigenvalue weighted by Crippen LogP contribution is -2.21. The van der Waals surface area contributed by atoms with E-state index in [2.05, 4.69) is 24.1 Å². The van der Waals surface area contributed by atoms with Gasteiger partial charge in [-0.3, -0.25) is 0 Å². The Hall–Kier alpha value is -0.910. The SMILES string of the molecule is CC(C)NCc1ccc(Sc2nccs2)c(F)c1. The van der Waals surface area contributed by atoms with Crippen LogP contribution in [0.25, 0.3) is 0 Å². The molecule has 1 aromatic carbocycles. The van der Waals surface area contributed by atoms with Gasteiger partial charge >= 0.3 is 0 Å². The molecule has 0 saturated carbocycles. The molecule has 0 amide bonds. The van der Waals surface area contributed by atoms with Crippen LogP contribution >= 0.6 is 23.1 Å². The van der Waals surface area contributed by atoms with E-state index in [1.807, 2.05) is 17.5 Å². The van der Waals surface area contributed by atoms with Crippen LogP contribution in [0.5, 0.6) is 0 Å². The highest BCUT2D eigenvalue weighted by molar-refractivity contribution is 8.01. The van der Waals surface area contributed by atoms with Gasteiger partial charge in [-0.05, 0) is 17.7 Å². The summed E-state index contributed by atoms with van der Waals surface area (Å²) in [6.45, 7) is 4.84. The predicted molar refractivity (Wildman–Crippen MR) is 74.6 cm³/mol. The Morgan fingerprint density at radius 3 is 2.89 bits per heavy atom. The van der Waals surface area contributed by atoms with Crippen LogP contribution < -0.4 is 5.32 Å². The summed E-state index contributed by atoms with van der Waals surface area (Å²) in [7, 11) is 0. The normalized spacial score (nSPS) is 11.1. The first kappa shape index (κ1) is 13.5. The summed E-state index contributed by atoms with van der Waals surface area (Å²) in [5, 5.41) is 5.16. The summed E-state index contributed by atoms with van der Waals surface area (Å²) < 4.78 is 14.8. The monoisotopic (exact) mass is 282 g/mol. The molecule has 0 radical (unpaired) electrons. The van der Waals surface area contributed by atoms with Crippen LogP contribution in [-0.4, -0.2) is 11.0 Å². The lowest BCUT2D eigenvalue weighted by atomic mass is 10.2. The molecule has 0 bridgehead atoms. The fraction of sp³-hybridized carbons (Fsp3) is 0.308. The Balaban J connectivity index is 2.05. The number of aromatic nitrogens is 1. The van der Waals surface area contributed by atoms with Gasteiger partial charge in [-0.25, -0.2) is 9.37 Å². The smallest absolute Gasteiger partial charge is 0.154 e. The average Bonchev–Trinajstić information content (AvgIpc) is 2.82. The summed E-state index contributed by atoms with van der Waals surface area (Å²) in [5.41, 5.74) is 0.963. The molecule has 0 unspecified atom stereocenters. The number of benzene rings is 1. The molecule has 1 aromatic heterocycles. The Labute approximate surface area is 115 Å². The van der Waals surface area contributed by atoms with Gasteiger partial charge in [0.15, 0.2) is 4.34 Å². The molecule has 0 spiro atoms. The second-order valence-corrected chi connectivity index (χ2v) is 6.38. The van der Waals surface area contributed by atoms with E-state index in [0.29, 0.717) is 17.5 Å². The Morgan fingerprint density at radius 1 is 1.44 bits per heavy atom. The van der Waals surface area contributed by atoms with Crippen LogP contribution in [0.15, 0.2) is 39.0 Å². The highest BCUT2D eigenvalue weighted by atomic mass is 32.2. The van der Waals surface area contributed by atoms with Crippen molar-refractivity contribution < 1.29 is 4.39 Å². The van der Waals surface area contributed by atoms with Gasteiger partial charge < -0.3 is 5.32 Å². The fourth-order valence-corrected chi connectivity index (χ4v) is 3.00. The van der Waals surface area contributed by atoms with Gasteiger partial charge in [0.2, 0.25) is 0 Å². The van der Waals surface area contributed by atoms with Gasteiger partial charge in [-0.15, -0.1) is 11.3 Å². The van der Waals surface area contributed by atoms with E-state index >= 15 is 0 Å². The number of hydrogen-bond donors (Lipinski definition) is 1. The molecular formula is C13H15FN2S2. The predicted octanol–water partition coefficient (Wildman–Crippen LogP) is 3.93. The number of rotatable bonds is 5. The van der Waals surface area contributed by atoms with E-state index in [9.17, 15) is 4.39 Å². The molecule has 0 aliphatic rings. The van der Waals surface area contributed by atoms with Crippen molar-refractivity contribution in [3.05, 3.63) is 41.2 Å². The van der Waals surface area contributed by atoms with Crippen molar-refractivity contribution in [3.8, 4) is 0 Å². The van der Waals surface area contributed by atoms with Gasteiger partial charge in [0.1, 0.15) is 5.82 Å². The molecule has 2 nitrogen and oxygen atoms in total. The molecular weight excluding hydrogens is 267 g/mol. The topological polar surface area (TPSA) is 24.9 Å². The molecule has 18 heavy (non-hydrogen) atoms. The first-order chi connectivity index (χ1) is 8.65. The molecule has 0 aliphatic carbocycles. The zero-order chi connectivity index (χ0) is 13.0. The summed E-state index contributed by atoms with van der Waals surface area (Å²) in [5.74, 6) is -0.182. The Morgan fingerprint density at radius 2 is 2.28 bits per heavy atom. The zero-order valence-corrected chi connectivity index (χ0v) is 11.9. The van der Waals surface area contributed by atoms with Crippen molar-refractivity contribution in [3.63, 3.8) is 0 Å². The van der Waals surface area contributed by atoms with Crippen molar-refractivity contribution in [2.45, 2.75) is 35.7 Å². The van der Waals surface area contributed by atoms with Crippen LogP contribution in [0.2, 0.25) is 0 Å². The maximum Gasteiger partial charge on any atom is 0.154 e. The van der Waals surface area contributed by atoms with E-state index in [0.717, 1.165) is 9.90 Å². The second kappa shape index (κ2) is 6.31. The van der Waals surface area contributed by atoms with Crippen LogP contribution in [0.3, 0.4) is 0 Å². The molecule has 2 rings (SSSR count). The highest BCUT2D eigenvalue weighted by Gasteiger charge is 2.07. The number of halogens is 1. The fourth-order valence-electron chi connectivity index (χ4n) is 1.41. The second-order valence-electron chi connectivity index (χ2n) is 4.20. The van der Waals surface area contributed by atoms with Gasteiger partial charge in [0, 0.05) is 24.2 Å². The van der Waals surface area contributed by atoms with Gasteiger partial charge in [0.05, 0.1) is 4.90 Å². The molecule has 0 saturated heterocycles. The molecule has 0 atom stereocenters. The van der Waals surface area contributed by atoms with E-state index in [-0.39, 0.29) is 5.82 Å². The van der Waals surface area contributed by atoms with Gasteiger partial charge in [0.25, 0.3) is 0 Å². The Bertz CT molecular complexity index is 498. The molecule has 1 N–H and O–H groups in total. The molecule has 96 valence electrons. The van der Waals surface area contributed by atoms with Crippen molar-refractivity contribution >= 4 is 23.1 Å². The maximum atomic E-state index is 13.9. The number of hydrogen-bond acceptors (Lipinski definition) is 4. The summed E-state index contributed by atoms with van der Waals surface area (Å²) in [4.78, 5) is 4.76. The van der Waals surface area contributed by atoms with E-state index < -0.39 is 0 Å². The summed E-state index contributed by atoms with van der Waals surface area (Å²) in [6, 6.07) is 5.76. The van der Waals surface area contributed by atoms with E-state index in [4.69, 9.17) is 0 Å². The van der Waals surface area contributed by atoms with Crippen molar-refractivity contribution in [2.24, 2.45) is 0 Å². The van der Waals surface area contributed by atoms with Gasteiger partial charge in [-0.1, -0.05) is 31.7 Å². The lowest BCUT2D eigenvalue weighted by Gasteiger charge is -2.09. The average molecular weight is 282 g/mol. The first-order valence-electron chi connectivity index (χ1n) is 5.74. The minimum Gasteiger partial charge on any atom is -0.310 e. The third kappa shape index (κ3) is 3.80. The van der Waals surface area contributed by atoms with Gasteiger partial charge in [-0.2, -0.15) is 0 Å². The zero-order valence-electron chi connectivity index (χ0n) is 10.3. The first-order valence-corrected chi connectivity index (χ1v) is 7.44. The number of nitrogens with one attached hydrogen (secondary N) is 1. The van der Waals surface area contributed by atoms with Crippen LogP contribution in [0.4, 0.5) is 4.39 Å². The minimum atomic E-state index is -0.182. The summed E-state index contributed by atoms with van der Waals surface area (Å²) >= 11 is 2.88. The third-order valence-electron chi connectivity index (χ3n) is 2.32. The molecule has 1 heterocycles. The molecule has 0 fully saturated rings. The highest BCUT2D eigenvalue weighted by Crippen LogP contribution is 2.31. The molecule has 0 aliphatic heterocycles. The summed E-state index contributed by atoms with van der Waals surface area (Å²) in [6.07, 6.45) is 1.73. The van der Waals surface area contributed by atoms with E-state index in [1.165, 1.54) is 23.1 Å². The van der Waals surface area contributed by atoms with Crippen molar-refractivity contribution in [1.29, 1.82) is 0 Å². The van der Waals surface area contributed by atoms with Crippen molar-refractivity contribution in [2.75, 3.05) is 0 Å². The maximum absolute atomic E-state index is 13.9. The van der Waals surface area contributed by atoms with Crippen LogP contribution in [0, 0.1) is 5.82 Å². The molecule has 5 heteroatoms. The quantitative estimate of drug-likeness (QED) is 0.899. The third-order valence-corrected chi connectivity index (χ3v) is 4.25. The van der Waals surface area contributed by atoms with Crippen molar-refractivity contribution in [1.82, 2.24) is 10.3 Å². The van der Waals surface area contributed by atoms with Crippen LogP contribution in [-0.2, 0) is 6.54 Å². The number of nitrogens with zero attached hydrogens (tertiary/aromatic N) is 1. The van der Waals surface area contributed by atoms with E-state index in [1.54, 1.807) is 12.3 Å². The standard InChI is InChI=1S/C13H15FN2S2/c1-9(2)16-8-10-3-4-12(11(14)7-10)18-13-15-5-6-17-13/h3-7,9,16H,8H2,1-2H3. The van der Waals surface area contributed by atoms with Crippen LogP contribution in [0.1, 0.15) is 19.4 Å². The number of thiazole rings is 1.